The van der Waals surface area contributed by atoms with E-state index in [2.05, 4.69) is 4.98 Å². The lowest BCUT2D eigenvalue weighted by molar-refractivity contribution is 0.0303. The lowest BCUT2D eigenvalue weighted by atomic mass is 10.0. The van der Waals surface area contributed by atoms with Crippen molar-refractivity contribution < 1.29 is 19.0 Å². The molecule has 0 aliphatic rings. The van der Waals surface area contributed by atoms with Gasteiger partial charge in [0.25, 0.3) is 0 Å². The molecule has 0 unspecified atom stereocenters. The molecule has 8 heteroatoms. The van der Waals surface area contributed by atoms with Crippen LogP contribution in [0, 0.1) is 0 Å². The molecule has 0 aliphatic heterocycles. The van der Waals surface area contributed by atoms with Crippen molar-refractivity contribution in [3.05, 3.63) is 74.2 Å². The zero-order valence-corrected chi connectivity index (χ0v) is 17.5. The molecule has 3 aromatic rings. The number of carbonyl (C=O) groups excluding carboxylic acids is 1. The Kier molecular flexibility index (Phi) is 6.78. The summed E-state index contributed by atoms with van der Waals surface area (Å²) in [6.45, 7) is 0. The summed E-state index contributed by atoms with van der Waals surface area (Å²) in [5.41, 5.74) is 1.38. The molecular weight excluding hydrogens is 421 g/mol. The van der Waals surface area contributed by atoms with Gasteiger partial charge >= 0.3 is 5.97 Å². The van der Waals surface area contributed by atoms with E-state index in [1.807, 2.05) is 11.4 Å². The van der Waals surface area contributed by atoms with Crippen LogP contribution in [0.15, 0.2) is 48.1 Å². The SMILES string of the molecule is COc1ccc([C@H](Cc2c(Cl)cncc2Cl)OC(=O)c2cccs2)cc1OC. The van der Waals surface area contributed by atoms with E-state index in [0.29, 0.717) is 32.0 Å². The van der Waals surface area contributed by atoms with Crippen LogP contribution in [-0.2, 0) is 11.2 Å². The molecule has 0 aliphatic carbocycles. The standard InChI is InChI=1S/C20H17Cl2NO4S/c1-25-16-6-5-12(8-18(16)26-2)17(27-20(24)19-4-3-7-28-19)9-13-14(21)10-23-11-15(13)22/h3-8,10-11,17H,9H2,1-2H3/t17-/m0/s1. The van der Waals surface area contributed by atoms with E-state index in [-0.39, 0.29) is 6.42 Å². The Morgan fingerprint density at radius 3 is 2.43 bits per heavy atom. The van der Waals surface area contributed by atoms with Gasteiger partial charge in [-0.1, -0.05) is 35.3 Å². The second kappa shape index (κ2) is 9.28. The van der Waals surface area contributed by atoms with Crippen LogP contribution in [0.3, 0.4) is 0 Å². The highest BCUT2D eigenvalue weighted by molar-refractivity contribution is 7.11. The van der Waals surface area contributed by atoms with Crippen LogP contribution in [0.1, 0.15) is 26.9 Å². The molecule has 0 fully saturated rings. The van der Waals surface area contributed by atoms with Gasteiger partial charge in [-0.3, -0.25) is 4.98 Å². The second-order valence-corrected chi connectivity index (χ2v) is 7.53. The first-order valence-electron chi connectivity index (χ1n) is 8.27. The maximum absolute atomic E-state index is 12.6. The van der Waals surface area contributed by atoms with Crippen LogP contribution in [0.4, 0.5) is 0 Å². The van der Waals surface area contributed by atoms with Crippen molar-refractivity contribution in [3.8, 4) is 11.5 Å². The number of hydrogen-bond acceptors (Lipinski definition) is 6. The zero-order chi connectivity index (χ0) is 20.1. The maximum Gasteiger partial charge on any atom is 0.348 e. The number of benzene rings is 1. The number of nitrogens with zero attached hydrogens (tertiary/aromatic N) is 1. The van der Waals surface area contributed by atoms with Gasteiger partial charge in [-0.2, -0.15) is 0 Å². The van der Waals surface area contributed by atoms with E-state index in [0.717, 1.165) is 5.56 Å². The van der Waals surface area contributed by atoms with Crippen LogP contribution in [0.5, 0.6) is 11.5 Å². The molecule has 28 heavy (non-hydrogen) atoms. The number of carbonyl (C=O) groups is 1. The minimum absolute atomic E-state index is 0.285. The summed E-state index contributed by atoms with van der Waals surface area (Å²) in [7, 11) is 3.10. The van der Waals surface area contributed by atoms with Gasteiger partial charge in [-0.05, 0) is 34.7 Å². The largest absolute Gasteiger partial charge is 0.493 e. The third-order valence-corrected chi connectivity index (χ3v) is 5.59. The van der Waals surface area contributed by atoms with Gasteiger partial charge in [0.05, 0.1) is 24.3 Å². The predicted molar refractivity (Wildman–Crippen MR) is 110 cm³/mol. The number of rotatable bonds is 7. The molecule has 0 saturated carbocycles. The molecule has 1 aromatic carbocycles. The van der Waals surface area contributed by atoms with Crippen LogP contribution >= 0.6 is 34.5 Å². The van der Waals surface area contributed by atoms with E-state index < -0.39 is 12.1 Å². The van der Waals surface area contributed by atoms with Gasteiger partial charge in [0.2, 0.25) is 0 Å². The average molecular weight is 438 g/mol. The molecule has 146 valence electrons. The molecule has 2 aromatic heterocycles. The minimum atomic E-state index is -0.633. The highest BCUT2D eigenvalue weighted by atomic mass is 35.5. The lowest BCUT2D eigenvalue weighted by Gasteiger charge is -2.20. The third kappa shape index (κ3) is 4.58. The first-order valence-corrected chi connectivity index (χ1v) is 9.91. The number of methoxy groups -OCH3 is 2. The third-order valence-electron chi connectivity index (χ3n) is 4.09. The number of esters is 1. The summed E-state index contributed by atoms with van der Waals surface area (Å²) < 4.78 is 16.5. The van der Waals surface area contributed by atoms with Crippen molar-refractivity contribution in [1.82, 2.24) is 4.98 Å². The lowest BCUT2D eigenvalue weighted by Crippen LogP contribution is -2.14. The summed E-state index contributed by atoms with van der Waals surface area (Å²) in [5, 5.41) is 2.63. The first-order chi connectivity index (χ1) is 13.5. The summed E-state index contributed by atoms with van der Waals surface area (Å²) in [5.74, 6) is 0.690. The van der Waals surface area contributed by atoms with Crippen LogP contribution in [-0.4, -0.2) is 25.2 Å². The number of hydrogen-bond donors (Lipinski definition) is 0. The molecule has 0 amide bonds. The molecule has 2 heterocycles. The van der Waals surface area contributed by atoms with Gasteiger partial charge in [0, 0.05) is 18.8 Å². The van der Waals surface area contributed by atoms with Gasteiger partial charge in [0.15, 0.2) is 11.5 Å². The smallest absolute Gasteiger partial charge is 0.348 e. The highest BCUT2D eigenvalue weighted by Crippen LogP contribution is 2.35. The van der Waals surface area contributed by atoms with Crippen molar-refractivity contribution in [2.24, 2.45) is 0 Å². The van der Waals surface area contributed by atoms with E-state index in [1.54, 1.807) is 38.5 Å². The molecule has 0 N–H and O–H groups in total. The second-order valence-electron chi connectivity index (χ2n) is 5.77. The van der Waals surface area contributed by atoms with Gasteiger partial charge in [-0.25, -0.2) is 4.79 Å². The number of thiophene rings is 1. The maximum atomic E-state index is 12.6. The normalized spacial score (nSPS) is 11.7. The fraction of sp³-hybridized carbons (Fsp3) is 0.200. The highest BCUT2D eigenvalue weighted by Gasteiger charge is 2.23. The van der Waals surface area contributed by atoms with Crippen molar-refractivity contribution in [1.29, 1.82) is 0 Å². The Labute approximate surface area is 176 Å². The molecule has 0 saturated heterocycles. The summed E-state index contributed by atoms with van der Waals surface area (Å²) >= 11 is 13.9. The Morgan fingerprint density at radius 1 is 1.11 bits per heavy atom. The van der Waals surface area contributed by atoms with Gasteiger partial charge < -0.3 is 14.2 Å². The zero-order valence-electron chi connectivity index (χ0n) is 15.1. The quantitative estimate of drug-likeness (QED) is 0.449. The molecule has 0 spiro atoms. The number of halogens is 2. The first kappa shape index (κ1) is 20.5. The fourth-order valence-electron chi connectivity index (χ4n) is 2.68. The van der Waals surface area contributed by atoms with Gasteiger partial charge in [0.1, 0.15) is 11.0 Å². The topological polar surface area (TPSA) is 57.7 Å². The molecule has 3 rings (SSSR count). The molecular formula is C20H17Cl2NO4S. The molecule has 1 atom stereocenters. The Morgan fingerprint density at radius 2 is 1.82 bits per heavy atom. The Bertz CT molecular complexity index is 943. The number of pyridine rings is 1. The molecule has 0 bridgehead atoms. The Hall–Kier alpha value is -2.28. The number of aromatic nitrogens is 1. The van der Waals surface area contributed by atoms with Crippen LogP contribution in [0.2, 0.25) is 10.0 Å². The van der Waals surface area contributed by atoms with E-state index in [9.17, 15) is 4.79 Å². The van der Waals surface area contributed by atoms with Crippen molar-refractivity contribution in [2.75, 3.05) is 14.2 Å². The van der Waals surface area contributed by atoms with E-state index in [1.165, 1.54) is 23.7 Å². The van der Waals surface area contributed by atoms with Crippen molar-refractivity contribution in [2.45, 2.75) is 12.5 Å². The number of ether oxygens (including phenoxy) is 3. The summed E-state index contributed by atoms with van der Waals surface area (Å²) in [6, 6.07) is 8.86. The fourth-order valence-corrected chi connectivity index (χ4v) is 3.81. The minimum Gasteiger partial charge on any atom is -0.493 e. The van der Waals surface area contributed by atoms with Crippen molar-refractivity contribution in [3.63, 3.8) is 0 Å². The predicted octanol–water partition coefficient (Wildman–Crippen LogP) is 5.61. The van der Waals surface area contributed by atoms with E-state index in [4.69, 9.17) is 37.4 Å². The Balaban J connectivity index is 1.97. The van der Waals surface area contributed by atoms with Crippen LogP contribution < -0.4 is 9.47 Å². The van der Waals surface area contributed by atoms with E-state index >= 15 is 0 Å². The average Bonchev–Trinajstić information content (AvgIpc) is 3.24. The summed E-state index contributed by atoms with van der Waals surface area (Å²) in [6.07, 6.45) is 2.67. The molecule has 0 radical (unpaired) electrons. The van der Waals surface area contributed by atoms with Gasteiger partial charge in [-0.15, -0.1) is 11.3 Å². The van der Waals surface area contributed by atoms with Crippen molar-refractivity contribution >= 4 is 40.5 Å². The van der Waals surface area contributed by atoms with Crippen LogP contribution in [0.25, 0.3) is 0 Å². The monoisotopic (exact) mass is 437 g/mol. The molecule has 5 nitrogen and oxygen atoms in total. The summed E-state index contributed by atoms with van der Waals surface area (Å²) in [4.78, 5) is 17.1.